The fraction of sp³-hybridized carbons (Fsp3) is 0.133. The van der Waals surface area contributed by atoms with Gasteiger partial charge in [0.25, 0.3) is 0 Å². The number of alkyl halides is 5. The molecule has 9 heteroatoms. The number of aromatic nitrogens is 2. The van der Waals surface area contributed by atoms with Gasteiger partial charge < -0.3 is 5.32 Å². The molecule has 0 unspecified atom stereocenters. The lowest BCUT2D eigenvalue weighted by Gasteiger charge is -2.15. The summed E-state index contributed by atoms with van der Waals surface area (Å²) in [4.78, 5) is 18.6. The van der Waals surface area contributed by atoms with Crippen molar-refractivity contribution in [3.05, 3.63) is 60.2 Å². The SMILES string of the molecule is O=C(Nc1cccc(/C=C/C(F)(F)F)c1)C(F)(F)c1cnccn1. The van der Waals surface area contributed by atoms with Crippen molar-refractivity contribution in [1.29, 1.82) is 0 Å². The Morgan fingerprint density at radius 3 is 2.50 bits per heavy atom. The summed E-state index contributed by atoms with van der Waals surface area (Å²) in [5.41, 5.74) is -0.823. The molecule has 0 aliphatic heterocycles. The molecule has 4 nitrogen and oxygen atoms in total. The van der Waals surface area contributed by atoms with Gasteiger partial charge in [-0.1, -0.05) is 18.2 Å². The van der Waals surface area contributed by atoms with E-state index in [0.717, 1.165) is 24.5 Å². The lowest BCUT2D eigenvalue weighted by atomic mass is 10.1. The molecule has 0 aliphatic carbocycles. The van der Waals surface area contributed by atoms with E-state index in [-0.39, 0.29) is 17.3 Å². The molecule has 0 saturated carbocycles. The molecule has 1 heterocycles. The maximum Gasteiger partial charge on any atom is 0.409 e. The van der Waals surface area contributed by atoms with E-state index in [0.29, 0.717) is 0 Å². The molecule has 0 atom stereocenters. The fourth-order valence-corrected chi connectivity index (χ4v) is 1.70. The molecule has 0 bridgehead atoms. The molecule has 0 fully saturated rings. The van der Waals surface area contributed by atoms with Gasteiger partial charge in [0.05, 0.1) is 6.20 Å². The number of carbonyl (C=O) groups is 1. The third-order valence-corrected chi connectivity index (χ3v) is 2.78. The number of rotatable bonds is 4. The predicted octanol–water partition coefficient (Wildman–Crippen LogP) is 3.78. The smallest absolute Gasteiger partial charge is 0.320 e. The minimum Gasteiger partial charge on any atom is -0.320 e. The van der Waals surface area contributed by atoms with Crippen molar-refractivity contribution in [3.8, 4) is 0 Å². The van der Waals surface area contributed by atoms with Gasteiger partial charge >= 0.3 is 18.0 Å². The van der Waals surface area contributed by atoms with Gasteiger partial charge in [-0.15, -0.1) is 0 Å². The summed E-state index contributed by atoms with van der Waals surface area (Å²) in [5, 5.41) is 1.95. The van der Waals surface area contributed by atoms with Crippen LogP contribution in [-0.4, -0.2) is 22.1 Å². The van der Waals surface area contributed by atoms with Crippen molar-refractivity contribution >= 4 is 17.7 Å². The minimum absolute atomic E-state index is 0.00208. The molecule has 1 amide bonds. The van der Waals surface area contributed by atoms with E-state index < -0.39 is 23.7 Å². The number of nitrogens with zero attached hydrogens (tertiary/aromatic N) is 2. The second kappa shape index (κ2) is 6.73. The number of halogens is 5. The standard InChI is InChI=1S/C15H10F5N3O/c16-14(17,18)5-4-10-2-1-3-11(8-10)23-13(24)15(19,20)12-9-21-6-7-22-12/h1-9H,(H,23,24)/b5-4+. The molecule has 0 saturated heterocycles. The highest BCUT2D eigenvalue weighted by Crippen LogP contribution is 2.27. The first-order valence-corrected chi connectivity index (χ1v) is 6.50. The second-order valence-electron chi connectivity index (χ2n) is 4.62. The van der Waals surface area contributed by atoms with Crippen LogP contribution >= 0.6 is 0 Å². The van der Waals surface area contributed by atoms with E-state index in [2.05, 4.69) is 9.97 Å². The lowest BCUT2D eigenvalue weighted by molar-refractivity contribution is -0.141. The molecule has 24 heavy (non-hydrogen) atoms. The molecule has 1 aromatic heterocycles. The first kappa shape index (κ1) is 17.5. The molecule has 2 aromatic rings. The second-order valence-corrected chi connectivity index (χ2v) is 4.62. The molecule has 0 spiro atoms. The molecule has 2 rings (SSSR count). The van der Waals surface area contributed by atoms with Crippen molar-refractivity contribution in [2.24, 2.45) is 0 Å². The highest BCUT2D eigenvalue weighted by atomic mass is 19.4. The zero-order chi connectivity index (χ0) is 17.8. The molecule has 0 aliphatic rings. The summed E-state index contributed by atoms with van der Waals surface area (Å²) in [6, 6.07) is 5.06. The maximum absolute atomic E-state index is 14.0. The number of hydrogen-bond acceptors (Lipinski definition) is 3. The van der Waals surface area contributed by atoms with Crippen LogP contribution in [0, 0.1) is 0 Å². The van der Waals surface area contributed by atoms with Crippen molar-refractivity contribution in [1.82, 2.24) is 9.97 Å². The van der Waals surface area contributed by atoms with Crippen LogP contribution in [0.15, 0.2) is 48.9 Å². The van der Waals surface area contributed by atoms with Gasteiger partial charge in [0.1, 0.15) is 5.69 Å². The summed E-state index contributed by atoms with van der Waals surface area (Å²) in [6.45, 7) is 0. The van der Waals surface area contributed by atoms with Crippen molar-refractivity contribution in [2.75, 3.05) is 5.32 Å². The maximum atomic E-state index is 14.0. The van der Waals surface area contributed by atoms with Crippen LogP contribution in [-0.2, 0) is 10.7 Å². The fourth-order valence-electron chi connectivity index (χ4n) is 1.70. The number of amides is 1. The van der Waals surface area contributed by atoms with Gasteiger partial charge in [-0.2, -0.15) is 22.0 Å². The number of benzene rings is 1. The Hall–Kier alpha value is -2.84. The molecular formula is C15H10F5N3O. The largest absolute Gasteiger partial charge is 0.409 e. The normalized spacial score (nSPS) is 12.4. The Bertz CT molecular complexity index is 744. The minimum atomic E-state index is -4.50. The summed E-state index contributed by atoms with van der Waals surface area (Å²) in [7, 11) is 0. The van der Waals surface area contributed by atoms with E-state index in [1.165, 1.54) is 24.4 Å². The number of nitrogens with one attached hydrogen (secondary N) is 1. The first-order valence-electron chi connectivity index (χ1n) is 6.50. The van der Waals surface area contributed by atoms with Gasteiger partial charge in [0.15, 0.2) is 0 Å². The number of hydrogen-bond donors (Lipinski definition) is 1. The molecule has 1 N–H and O–H groups in total. The Labute approximate surface area is 133 Å². The predicted molar refractivity (Wildman–Crippen MR) is 76.1 cm³/mol. The number of carbonyl (C=O) groups excluding carboxylic acids is 1. The monoisotopic (exact) mass is 343 g/mol. The van der Waals surface area contributed by atoms with E-state index in [1.54, 1.807) is 0 Å². The van der Waals surface area contributed by atoms with Crippen LogP contribution in [0.3, 0.4) is 0 Å². The number of anilines is 1. The van der Waals surface area contributed by atoms with Crippen molar-refractivity contribution < 1.29 is 26.7 Å². The average molecular weight is 343 g/mol. The van der Waals surface area contributed by atoms with E-state index in [4.69, 9.17) is 0 Å². The molecule has 0 radical (unpaired) electrons. The molecule has 126 valence electrons. The van der Waals surface area contributed by atoms with E-state index in [1.807, 2.05) is 5.32 Å². The number of allylic oxidation sites excluding steroid dienone is 1. The van der Waals surface area contributed by atoms with Gasteiger partial charge in [-0.3, -0.25) is 14.8 Å². The van der Waals surface area contributed by atoms with Crippen LogP contribution in [0.5, 0.6) is 0 Å². The highest BCUT2D eigenvalue weighted by Gasteiger charge is 2.42. The zero-order valence-electron chi connectivity index (χ0n) is 11.9. The van der Waals surface area contributed by atoms with E-state index >= 15 is 0 Å². The van der Waals surface area contributed by atoms with Gasteiger partial charge in [0, 0.05) is 24.2 Å². The van der Waals surface area contributed by atoms with Crippen LogP contribution < -0.4 is 5.32 Å². The Morgan fingerprint density at radius 1 is 1.12 bits per heavy atom. The first-order chi connectivity index (χ1) is 11.2. The third kappa shape index (κ3) is 4.58. The summed E-state index contributed by atoms with van der Waals surface area (Å²) >= 11 is 0. The van der Waals surface area contributed by atoms with Crippen molar-refractivity contribution in [3.63, 3.8) is 0 Å². The zero-order valence-corrected chi connectivity index (χ0v) is 11.9. The topological polar surface area (TPSA) is 54.9 Å². The van der Waals surface area contributed by atoms with Crippen LogP contribution in [0.1, 0.15) is 11.3 Å². The van der Waals surface area contributed by atoms with Crippen LogP contribution in [0.2, 0.25) is 0 Å². The third-order valence-electron chi connectivity index (χ3n) is 2.78. The molecular weight excluding hydrogens is 333 g/mol. The summed E-state index contributed by atoms with van der Waals surface area (Å²) < 4.78 is 64.3. The van der Waals surface area contributed by atoms with Gasteiger partial charge in [-0.05, 0) is 17.7 Å². The van der Waals surface area contributed by atoms with Crippen molar-refractivity contribution in [2.45, 2.75) is 12.1 Å². The quantitative estimate of drug-likeness (QED) is 0.860. The average Bonchev–Trinajstić information content (AvgIpc) is 2.53. The summed E-state index contributed by atoms with van der Waals surface area (Å²) in [6.07, 6.45) is -0.800. The Kier molecular flexibility index (Phi) is 4.91. The molecule has 1 aromatic carbocycles. The van der Waals surface area contributed by atoms with Gasteiger partial charge in [-0.25, -0.2) is 0 Å². The van der Waals surface area contributed by atoms with Gasteiger partial charge in [0.2, 0.25) is 0 Å². The summed E-state index contributed by atoms with van der Waals surface area (Å²) in [5.74, 6) is -5.61. The Balaban J connectivity index is 2.16. The Morgan fingerprint density at radius 2 is 1.88 bits per heavy atom. The highest BCUT2D eigenvalue weighted by molar-refractivity contribution is 5.96. The van der Waals surface area contributed by atoms with Crippen LogP contribution in [0.4, 0.5) is 27.6 Å². The lowest BCUT2D eigenvalue weighted by Crippen LogP contribution is -2.33. The van der Waals surface area contributed by atoms with Crippen LogP contribution in [0.25, 0.3) is 6.08 Å². The van der Waals surface area contributed by atoms with E-state index in [9.17, 15) is 26.7 Å².